The van der Waals surface area contributed by atoms with Crippen LogP contribution < -0.4 is 0 Å². The van der Waals surface area contributed by atoms with Crippen LogP contribution in [0.2, 0.25) is 0 Å². The molecule has 0 radical (unpaired) electrons. The standard InChI is InChI=1S/C52H100O6/c1-6-7-8-9-10-11-12-13-16-20-23-28-34-39-44-52(55)58-49(46-57-51(54)43-38-33-29-24-26-31-36-41-48(4)5)45-56-50(53)42-37-32-27-22-19-17-14-15-18-21-25-30-35-40-47(2)3/h47-49H,6-46H2,1-5H3/t49-/m1/s1. The summed E-state index contributed by atoms with van der Waals surface area (Å²) in [7, 11) is 0. The Morgan fingerprint density at radius 2 is 0.569 bits per heavy atom. The Balaban J connectivity index is 4.29. The van der Waals surface area contributed by atoms with E-state index in [2.05, 4.69) is 34.6 Å². The average molecular weight is 821 g/mol. The van der Waals surface area contributed by atoms with Gasteiger partial charge in [0.2, 0.25) is 0 Å². The molecule has 0 amide bonds. The van der Waals surface area contributed by atoms with Crippen LogP contribution in [0.25, 0.3) is 0 Å². The zero-order valence-corrected chi connectivity index (χ0v) is 39.7. The summed E-state index contributed by atoms with van der Waals surface area (Å²) in [5, 5.41) is 0. The number of carbonyl (C=O) groups is 3. The van der Waals surface area contributed by atoms with E-state index in [1.54, 1.807) is 0 Å². The molecule has 0 aliphatic carbocycles. The lowest BCUT2D eigenvalue weighted by Gasteiger charge is -2.18. The predicted molar refractivity (Wildman–Crippen MR) is 247 cm³/mol. The average Bonchev–Trinajstić information content (AvgIpc) is 3.19. The summed E-state index contributed by atoms with van der Waals surface area (Å²) >= 11 is 0. The number of carbonyl (C=O) groups excluding carboxylic acids is 3. The molecule has 0 saturated carbocycles. The summed E-state index contributed by atoms with van der Waals surface area (Å²) in [6, 6.07) is 0. The van der Waals surface area contributed by atoms with Crippen molar-refractivity contribution >= 4 is 17.9 Å². The molecule has 6 heteroatoms. The lowest BCUT2D eigenvalue weighted by atomic mass is 10.0. The quantitative estimate of drug-likeness (QED) is 0.0346. The lowest BCUT2D eigenvalue weighted by molar-refractivity contribution is -0.167. The van der Waals surface area contributed by atoms with E-state index in [1.165, 1.54) is 173 Å². The molecule has 0 unspecified atom stereocenters. The van der Waals surface area contributed by atoms with Crippen molar-refractivity contribution in [2.75, 3.05) is 13.2 Å². The van der Waals surface area contributed by atoms with Crippen LogP contribution in [0.5, 0.6) is 0 Å². The van der Waals surface area contributed by atoms with E-state index < -0.39 is 6.10 Å². The van der Waals surface area contributed by atoms with E-state index in [0.717, 1.165) is 69.6 Å². The van der Waals surface area contributed by atoms with Gasteiger partial charge in [-0.15, -0.1) is 0 Å². The highest BCUT2D eigenvalue weighted by Crippen LogP contribution is 2.17. The van der Waals surface area contributed by atoms with Gasteiger partial charge in [0.15, 0.2) is 6.10 Å². The maximum Gasteiger partial charge on any atom is 0.306 e. The zero-order valence-electron chi connectivity index (χ0n) is 39.7. The Morgan fingerprint density at radius 3 is 0.845 bits per heavy atom. The van der Waals surface area contributed by atoms with Crippen LogP contribution in [0.15, 0.2) is 0 Å². The summed E-state index contributed by atoms with van der Waals surface area (Å²) < 4.78 is 16.8. The van der Waals surface area contributed by atoms with Gasteiger partial charge in [0, 0.05) is 19.3 Å². The number of unbranched alkanes of at least 4 members (excludes halogenated alkanes) is 31. The van der Waals surface area contributed by atoms with Crippen molar-refractivity contribution in [3.63, 3.8) is 0 Å². The Kier molecular flexibility index (Phi) is 43.7. The molecule has 0 aliphatic rings. The Bertz CT molecular complexity index is 885. The molecule has 0 aromatic carbocycles. The van der Waals surface area contributed by atoms with Crippen molar-refractivity contribution in [3.8, 4) is 0 Å². The first kappa shape index (κ1) is 56.4. The number of rotatable bonds is 46. The van der Waals surface area contributed by atoms with Crippen LogP contribution in [0.4, 0.5) is 0 Å². The normalized spacial score (nSPS) is 12.1. The van der Waals surface area contributed by atoms with Gasteiger partial charge >= 0.3 is 17.9 Å². The Hall–Kier alpha value is -1.59. The Morgan fingerprint density at radius 1 is 0.328 bits per heavy atom. The second-order valence-electron chi connectivity index (χ2n) is 18.8. The lowest BCUT2D eigenvalue weighted by Crippen LogP contribution is -2.30. The van der Waals surface area contributed by atoms with Crippen LogP contribution in [0.3, 0.4) is 0 Å². The molecule has 0 aromatic heterocycles. The second kappa shape index (κ2) is 44.9. The molecule has 6 nitrogen and oxygen atoms in total. The van der Waals surface area contributed by atoms with Gasteiger partial charge in [-0.05, 0) is 31.1 Å². The number of hydrogen-bond acceptors (Lipinski definition) is 6. The molecule has 0 fully saturated rings. The highest BCUT2D eigenvalue weighted by Gasteiger charge is 2.19. The van der Waals surface area contributed by atoms with Gasteiger partial charge in [-0.2, -0.15) is 0 Å². The number of hydrogen-bond donors (Lipinski definition) is 0. The van der Waals surface area contributed by atoms with Gasteiger partial charge in [-0.3, -0.25) is 14.4 Å². The third-order valence-electron chi connectivity index (χ3n) is 11.7. The number of ether oxygens (including phenoxy) is 3. The largest absolute Gasteiger partial charge is 0.462 e. The molecule has 0 aliphatic heterocycles. The molecule has 0 saturated heterocycles. The van der Waals surface area contributed by atoms with Gasteiger partial charge in [0.25, 0.3) is 0 Å². The topological polar surface area (TPSA) is 78.9 Å². The van der Waals surface area contributed by atoms with Gasteiger partial charge < -0.3 is 14.2 Å². The minimum Gasteiger partial charge on any atom is -0.462 e. The van der Waals surface area contributed by atoms with E-state index >= 15 is 0 Å². The SMILES string of the molecule is CCCCCCCCCCCCCCCCC(=O)O[C@H](COC(=O)CCCCCCCCCCCCCCCC(C)C)COC(=O)CCCCCCCCCC(C)C. The van der Waals surface area contributed by atoms with Gasteiger partial charge in [0.05, 0.1) is 0 Å². The molecule has 0 spiro atoms. The molecule has 0 aromatic rings. The van der Waals surface area contributed by atoms with E-state index in [-0.39, 0.29) is 31.1 Å². The van der Waals surface area contributed by atoms with Crippen LogP contribution >= 0.6 is 0 Å². The van der Waals surface area contributed by atoms with E-state index in [4.69, 9.17) is 14.2 Å². The van der Waals surface area contributed by atoms with Crippen molar-refractivity contribution in [1.82, 2.24) is 0 Å². The molecule has 0 heterocycles. The highest BCUT2D eigenvalue weighted by atomic mass is 16.6. The van der Waals surface area contributed by atoms with Crippen LogP contribution in [-0.2, 0) is 28.6 Å². The predicted octanol–water partition coefficient (Wildman–Crippen LogP) is 16.5. The van der Waals surface area contributed by atoms with Gasteiger partial charge in [-0.1, -0.05) is 247 Å². The summed E-state index contributed by atoms with van der Waals surface area (Å²) in [6.45, 7) is 11.3. The molecule has 58 heavy (non-hydrogen) atoms. The van der Waals surface area contributed by atoms with Gasteiger partial charge in [-0.25, -0.2) is 0 Å². The maximum atomic E-state index is 12.8. The van der Waals surface area contributed by atoms with E-state index in [0.29, 0.717) is 19.3 Å². The molecule has 1 atom stereocenters. The first-order chi connectivity index (χ1) is 28.2. The van der Waals surface area contributed by atoms with Crippen molar-refractivity contribution in [3.05, 3.63) is 0 Å². The summed E-state index contributed by atoms with van der Waals surface area (Å²) in [5.41, 5.74) is 0. The molecular weight excluding hydrogens is 721 g/mol. The van der Waals surface area contributed by atoms with Crippen molar-refractivity contribution < 1.29 is 28.6 Å². The fourth-order valence-electron chi connectivity index (χ4n) is 7.81. The van der Waals surface area contributed by atoms with Crippen molar-refractivity contribution in [1.29, 1.82) is 0 Å². The minimum absolute atomic E-state index is 0.0641. The van der Waals surface area contributed by atoms with Crippen LogP contribution in [0.1, 0.15) is 285 Å². The summed E-state index contributed by atoms with van der Waals surface area (Å²) in [5.74, 6) is 0.770. The maximum absolute atomic E-state index is 12.8. The van der Waals surface area contributed by atoms with E-state index in [1.807, 2.05) is 0 Å². The fraction of sp³-hybridized carbons (Fsp3) is 0.942. The molecular formula is C52H100O6. The minimum atomic E-state index is -0.761. The monoisotopic (exact) mass is 821 g/mol. The van der Waals surface area contributed by atoms with Crippen molar-refractivity contribution in [2.45, 2.75) is 291 Å². The molecule has 344 valence electrons. The highest BCUT2D eigenvalue weighted by molar-refractivity contribution is 5.71. The van der Waals surface area contributed by atoms with E-state index in [9.17, 15) is 14.4 Å². The molecule has 0 bridgehead atoms. The van der Waals surface area contributed by atoms with Crippen LogP contribution in [-0.4, -0.2) is 37.2 Å². The molecule has 0 rings (SSSR count). The first-order valence-electron chi connectivity index (χ1n) is 25.7. The van der Waals surface area contributed by atoms with Crippen LogP contribution in [0, 0.1) is 11.8 Å². The van der Waals surface area contributed by atoms with Gasteiger partial charge in [0.1, 0.15) is 13.2 Å². The number of esters is 3. The zero-order chi connectivity index (χ0) is 42.6. The fourth-order valence-corrected chi connectivity index (χ4v) is 7.81. The summed E-state index contributed by atoms with van der Waals surface area (Å²) in [6.07, 6.45) is 45.2. The van der Waals surface area contributed by atoms with Crippen molar-refractivity contribution in [2.24, 2.45) is 11.8 Å². The molecule has 0 N–H and O–H groups in total. The smallest absolute Gasteiger partial charge is 0.306 e. The third-order valence-corrected chi connectivity index (χ3v) is 11.7. The second-order valence-corrected chi connectivity index (χ2v) is 18.8. The summed E-state index contributed by atoms with van der Waals surface area (Å²) in [4.78, 5) is 37.9. The first-order valence-corrected chi connectivity index (χ1v) is 25.7. The Labute approximate surface area is 361 Å². The third kappa shape index (κ3) is 45.5.